The zero-order valence-corrected chi connectivity index (χ0v) is 11.5. The van der Waals surface area contributed by atoms with Crippen LogP contribution in [0.25, 0.3) is 0 Å². The lowest BCUT2D eigenvalue weighted by Gasteiger charge is -2.06. The average Bonchev–Trinajstić information content (AvgIpc) is 2.58. The lowest BCUT2D eigenvalue weighted by Crippen LogP contribution is -2.14. The molecule has 96 valence electrons. The molecule has 1 rings (SSSR count). The number of rotatable bonds is 7. The van der Waals surface area contributed by atoms with Crippen molar-refractivity contribution < 1.29 is 9.90 Å². The lowest BCUT2D eigenvalue weighted by atomic mass is 10.2. The molecule has 0 aliphatic rings. The van der Waals surface area contributed by atoms with Gasteiger partial charge in [-0.25, -0.2) is 4.98 Å². The number of nitrogens with zero attached hydrogens (tertiary/aromatic N) is 2. The molecule has 1 N–H and O–H groups in total. The Balaban J connectivity index is 2.75. The smallest absolute Gasteiger partial charge is 0.308 e. The van der Waals surface area contributed by atoms with E-state index in [0.717, 1.165) is 41.4 Å². The van der Waals surface area contributed by atoms with Gasteiger partial charge in [0.2, 0.25) is 0 Å². The molecule has 17 heavy (non-hydrogen) atoms. The highest BCUT2D eigenvalue weighted by molar-refractivity contribution is 7.11. The van der Waals surface area contributed by atoms with E-state index < -0.39 is 5.97 Å². The fourth-order valence-corrected chi connectivity index (χ4v) is 2.67. The molecule has 0 aromatic carbocycles. The molecule has 0 aliphatic heterocycles. The number of carboxylic acid groups (broad SMARTS) is 1. The number of carbonyl (C=O) groups is 1. The molecule has 0 atom stereocenters. The second-order valence-corrected chi connectivity index (χ2v) is 5.52. The third kappa shape index (κ3) is 4.83. The average molecular weight is 256 g/mol. The number of hydrogen-bond acceptors (Lipinski definition) is 4. The molecule has 0 bridgehead atoms. The molecule has 4 nitrogen and oxygen atoms in total. The number of thiazole rings is 1. The Morgan fingerprint density at radius 2 is 2.12 bits per heavy atom. The van der Waals surface area contributed by atoms with Crippen LogP contribution in [0.3, 0.4) is 0 Å². The molecule has 0 unspecified atom stereocenters. The second kappa shape index (κ2) is 6.71. The van der Waals surface area contributed by atoms with Crippen LogP contribution in [-0.2, 0) is 24.1 Å². The first-order valence-corrected chi connectivity index (χ1v) is 6.68. The van der Waals surface area contributed by atoms with Gasteiger partial charge in [-0.15, -0.1) is 11.3 Å². The molecular weight excluding hydrogens is 236 g/mol. The minimum Gasteiger partial charge on any atom is -0.481 e. The largest absolute Gasteiger partial charge is 0.481 e. The van der Waals surface area contributed by atoms with Crippen LogP contribution in [0.2, 0.25) is 0 Å². The topological polar surface area (TPSA) is 53.4 Å². The Hall–Kier alpha value is -0.940. The minimum atomic E-state index is -0.773. The second-order valence-electron chi connectivity index (χ2n) is 4.35. The van der Waals surface area contributed by atoms with Gasteiger partial charge in [0, 0.05) is 17.8 Å². The molecule has 1 heterocycles. The maximum atomic E-state index is 10.8. The van der Waals surface area contributed by atoms with Crippen LogP contribution in [-0.4, -0.2) is 41.6 Å². The van der Waals surface area contributed by atoms with E-state index in [1.165, 1.54) is 0 Å². The van der Waals surface area contributed by atoms with Crippen molar-refractivity contribution in [3.63, 3.8) is 0 Å². The lowest BCUT2D eigenvalue weighted by molar-refractivity contribution is -0.136. The van der Waals surface area contributed by atoms with Gasteiger partial charge in [-0.2, -0.15) is 0 Å². The summed E-state index contributed by atoms with van der Waals surface area (Å²) >= 11 is 1.55. The van der Waals surface area contributed by atoms with Crippen molar-refractivity contribution >= 4 is 17.3 Å². The maximum absolute atomic E-state index is 10.8. The van der Waals surface area contributed by atoms with Crippen molar-refractivity contribution in [3.05, 3.63) is 15.6 Å². The minimum absolute atomic E-state index is 0.106. The summed E-state index contributed by atoms with van der Waals surface area (Å²) in [4.78, 5) is 18.4. The molecule has 0 radical (unpaired) electrons. The van der Waals surface area contributed by atoms with Crippen LogP contribution in [0.1, 0.15) is 28.9 Å². The molecular formula is C12H20N2O2S. The first-order chi connectivity index (χ1) is 8.02. The Labute approximate surface area is 106 Å². The molecule has 5 heteroatoms. The van der Waals surface area contributed by atoms with Gasteiger partial charge in [0.25, 0.3) is 0 Å². The van der Waals surface area contributed by atoms with E-state index in [-0.39, 0.29) is 6.42 Å². The number of likely N-dealkylation sites (N-methyl/N-ethyl adjacent to an activating group) is 1. The van der Waals surface area contributed by atoms with E-state index >= 15 is 0 Å². The summed E-state index contributed by atoms with van der Waals surface area (Å²) in [5.74, 6) is -0.773. The number of aryl methyl sites for hydroxylation is 1. The van der Waals surface area contributed by atoms with Gasteiger partial charge in [-0.3, -0.25) is 4.79 Å². The van der Waals surface area contributed by atoms with Gasteiger partial charge in [0.05, 0.1) is 17.1 Å². The van der Waals surface area contributed by atoms with Gasteiger partial charge in [0.15, 0.2) is 0 Å². The first kappa shape index (κ1) is 14.1. The summed E-state index contributed by atoms with van der Waals surface area (Å²) < 4.78 is 0. The summed E-state index contributed by atoms with van der Waals surface area (Å²) in [6, 6.07) is 0. The zero-order chi connectivity index (χ0) is 12.8. The molecule has 0 saturated heterocycles. The van der Waals surface area contributed by atoms with Crippen molar-refractivity contribution in [2.24, 2.45) is 0 Å². The van der Waals surface area contributed by atoms with Crippen molar-refractivity contribution in [3.8, 4) is 0 Å². The SMILES string of the molecule is CCCc1nc(CCN(C)C)sc1CC(=O)O. The van der Waals surface area contributed by atoms with E-state index in [1.807, 2.05) is 14.1 Å². The fraction of sp³-hybridized carbons (Fsp3) is 0.667. The van der Waals surface area contributed by atoms with Crippen LogP contribution >= 0.6 is 11.3 Å². The van der Waals surface area contributed by atoms with Crippen molar-refractivity contribution in [2.45, 2.75) is 32.6 Å². The predicted octanol–water partition coefficient (Wildman–Crippen LogP) is 1.83. The van der Waals surface area contributed by atoms with E-state index in [9.17, 15) is 4.79 Å². The number of aromatic nitrogens is 1. The third-order valence-electron chi connectivity index (χ3n) is 2.39. The summed E-state index contributed by atoms with van der Waals surface area (Å²) in [7, 11) is 4.05. The van der Waals surface area contributed by atoms with Crippen LogP contribution < -0.4 is 0 Å². The Kier molecular flexibility index (Phi) is 5.58. The predicted molar refractivity (Wildman–Crippen MR) is 69.7 cm³/mol. The Morgan fingerprint density at radius 3 is 2.65 bits per heavy atom. The van der Waals surface area contributed by atoms with Crippen molar-refractivity contribution in [1.82, 2.24) is 9.88 Å². The van der Waals surface area contributed by atoms with E-state index in [4.69, 9.17) is 5.11 Å². The summed E-state index contributed by atoms with van der Waals surface area (Å²) in [6.45, 7) is 3.04. The zero-order valence-electron chi connectivity index (χ0n) is 10.7. The summed E-state index contributed by atoms with van der Waals surface area (Å²) in [5, 5.41) is 9.91. The highest BCUT2D eigenvalue weighted by atomic mass is 32.1. The molecule has 0 aliphatic carbocycles. The van der Waals surface area contributed by atoms with E-state index in [0.29, 0.717) is 0 Å². The maximum Gasteiger partial charge on any atom is 0.308 e. The van der Waals surface area contributed by atoms with Crippen molar-refractivity contribution in [1.29, 1.82) is 0 Å². The standard InChI is InChI=1S/C12H20N2O2S/c1-4-5-9-10(8-12(15)16)17-11(13-9)6-7-14(2)3/h4-8H2,1-3H3,(H,15,16). The van der Waals surface area contributed by atoms with Gasteiger partial charge >= 0.3 is 5.97 Å². The fourth-order valence-electron chi connectivity index (χ4n) is 1.57. The number of hydrogen-bond donors (Lipinski definition) is 1. The monoisotopic (exact) mass is 256 g/mol. The number of carboxylic acids is 1. The van der Waals surface area contributed by atoms with E-state index in [1.54, 1.807) is 11.3 Å². The van der Waals surface area contributed by atoms with Crippen LogP contribution in [0, 0.1) is 0 Å². The van der Waals surface area contributed by atoms with E-state index in [2.05, 4.69) is 16.8 Å². The highest BCUT2D eigenvalue weighted by Gasteiger charge is 2.13. The van der Waals surface area contributed by atoms with Gasteiger partial charge in [0.1, 0.15) is 0 Å². The van der Waals surface area contributed by atoms with Crippen LogP contribution in [0.15, 0.2) is 0 Å². The number of aliphatic carboxylic acids is 1. The van der Waals surface area contributed by atoms with Crippen LogP contribution in [0.5, 0.6) is 0 Å². The van der Waals surface area contributed by atoms with Crippen molar-refractivity contribution in [2.75, 3.05) is 20.6 Å². The normalized spacial score (nSPS) is 11.1. The Bertz CT molecular complexity index is 375. The molecule has 0 saturated carbocycles. The molecule has 1 aromatic heterocycles. The molecule has 1 aromatic rings. The third-order valence-corrected chi connectivity index (χ3v) is 3.55. The molecule has 0 amide bonds. The highest BCUT2D eigenvalue weighted by Crippen LogP contribution is 2.21. The molecule has 0 fully saturated rings. The summed E-state index contributed by atoms with van der Waals surface area (Å²) in [5.41, 5.74) is 0.980. The first-order valence-electron chi connectivity index (χ1n) is 5.87. The Morgan fingerprint density at radius 1 is 1.41 bits per heavy atom. The quantitative estimate of drug-likeness (QED) is 0.808. The summed E-state index contributed by atoms with van der Waals surface area (Å²) in [6.07, 6.45) is 2.88. The van der Waals surface area contributed by atoms with Gasteiger partial charge in [-0.1, -0.05) is 13.3 Å². The molecule has 0 spiro atoms. The van der Waals surface area contributed by atoms with Gasteiger partial charge in [-0.05, 0) is 20.5 Å². The van der Waals surface area contributed by atoms with Gasteiger partial charge < -0.3 is 10.0 Å². The van der Waals surface area contributed by atoms with Crippen LogP contribution in [0.4, 0.5) is 0 Å².